The zero-order valence-electron chi connectivity index (χ0n) is 13.0. The minimum atomic E-state index is -0.227. The molecule has 0 atom stereocenters. The Morgan fingerprint density at radius 2 is 1.91 bits per heavy atom. The summed E-state index contributed by atoms with van der Waals surface area (Å²) in [5, 5.41) is 5.35. The van der Waals surface area contributed by atoms with Crippen LogP contribution in [0.5, 0.6) is 0 Å². The van der Waals surface area contributed by atoms with Crippen molar-refractivity contribution in [3.05, 3.63) is 65.9 Å². The Balaban J connectivity index is 1.69. The predicted molar refractivity (Wildman–Crippen MR) is 90.7 cm³/mol. The number of carbonyl (C=O) groups excluding carboxylic acids is 2. The monoisotopic (exact) mass is 309 g/mol. The van der Waals surface area contributed by atoms with E-state index in [-0.39, 0.29) is 24.8 Å². The topological polar surface area (TPSA) is 71.1 Å². The molecule has 0 fully saturated rings. The molecule has 0 aliphatic rings. The van der Waals surface area contributed by atoms with Gasteiger partial charge in [0.15, 0.2) is 0 Å². The van der Waals surface area contributed by atoms with E-state index in [1.54, 1.807) is 18.3 Å². The summed E-state index contributed by atoms with van der Waals surface area (Å²) in [6.07, 6.45) is 5.06. The molecule has 0 radical (unpaired) electrons. The minimum absolute atomic E-state index is 0.186. The molecule has 5 nitrogen and oxygen atoms in total. The number of anilines is 1. The summed E-state index contributed by atoms with van der Waals surface area (Å²) in [5.74, 6) is 0.0969. The van der Waals surface area contributed by atoms with E-state index in [9.17, 15) is 9.59 Å². The molecule has 0 aliphatic carbocycles. The van der Waals surface area contributed by atoms with Gasteiger partial charge in [-0.1, -0.05) is 36.4 Å². The van der Waals surface area contributed by atoms with Crippen molar-refractivity contribution < 1.29 is 9.59 Å². The summed E-state index contributed by atoms with van der Waals surface area (Å²) < 4.78 is 0. The molecule has 0 unspecified atom stereocenters. The number of hydrogen-bond donors (Lipinski definition) is 2. The standard InChI is InChI=1S/C18H19N3O2/c1-14-7-9-16(20-13-14)21-18(23)11-12-19-17(22)10-8-15-5-3-2-4-6-15/h2-10,13H,11-12H2,1H3,(H,19,22)(H,20,21,23)/b10-8+. The van der Waals surface area contributed by atoms with Gasteiger partial charge in [-0.2, -0.15) is 0 Å². The number of benzene rings is 1. The highest BCUT2D eigenvalue weighted by Gasteiger charge is 2.03. The van der Waals surface area contributed by atoms with E-state index >= 15 is 0 Å². The van der Waals surface area contributed by atoms with E-state index < -0.39 is 0 Å². The third-order valence-electron chi connectivity index (χ3n) is 3.06. The molecule has 2 aromatic rings. The lowest BCUT2D eigenvalue weighted by Crippen LogP contribution is -2.26. The van der Waals surface area contributed by atoms with E-state index in [2.05, 4.69) is 15.6 Å². The van der Waals surface area contributed by atoms with Crippen LogP contribution in [0.3, 0.4) is 0 Å². The van der Waals surface area contributed by atoms with E-state index in [0.717, 1.165) is 11.1 Å². The highest BCUT2D eigenvalue weighted by Crippen LogP contribution is 2.04. The van der Waals surface area contributed by atoms with E-state index in [1.165, 1.54) is 6.08 Å². The highest BCUT2D eigenvalue weighted by atomic mass is 16.2. The highest BCUT2D eigenvalue weighted by molar-refractivity contribution is 5.93. The van der Waals surface area contributed by atoms with Gasteiger partial charge in [-0.15, -0.1) is 0 Å². The summed E-state index contributed by atoms with van der Waals surface area (Å²) in [6, 6.07) is 13.2. The maximum absolute atomic E-state index is 11.7. The van der Waals surface area contributed by atoms with Crippen LogP contribution >= 0.6 is 0 Å². The molecule has 1 heterocycles. The molecule has 1 aromatic carbocycles. The first kappa shape index (κ1) is 16.4. The number of pyridine rings is 1. The molecular formula is C18H19N3O2. The van der Waals surface area contributed by atoms with Crippen LogP contribution in [0.4, 0.5) is 5.82 Å². The van der Waals surface area contributed by atoms with Gasteiger partial charge in [0.25, 0.3) is 0 Å². The van der Waals surface area contributed by atoms with Crippen LogP contribution in [-0.4, -0.2) is 23.3 Å². The molecule has 118 valence electrons. The zero-order valence-corrected chi connectivity index (χ0v) is 13.0. The van der Waals surface area contributed by atoms with Gasteiger partial charge in [0, 0.05) is 25.2 Å². The van der Waals surface area contributed by atoms with Crippen molar-refractivity contribution in [3.8, 4) is 0 Å². The van der Waals surface area contributed by atoms with Crippen LogP contribution < -0.4 is 10.6 Å². The largest absolute Gasteiger partial charge is 0.352 e. The first-order valence-corrected chi connectivity index (χ1v) is 7.37. The number of amides is 2. The molecule has 2 N–H and O–H groups in total. The molecule has 0 saturated heterocycles. The fourth-order valence-electron chi connectivity index (χ4n) is 1.84. The number of hydrogen-bond acceptors (Lipinski definition) is 3. The SMILES string of the molecule is Cc1ccc(NC(=O)CCNC(=O)/C=C/c2ccccc2)nc1. The van der Waals surface area contributed by atoms with Crippen molar-refractivity contribution in [2.45, 2.75) is 13.3 Å². The van der Waals surface area contributed by atoms with Gasteiger partial charge in [0.2, 0.25) is 11.8 Å². The zero-order chi connectivity index (χ0) is 16.5. The Kier molecular flexibility index (Phi) is 6.06. The predicted octanol–water partition coefficient (Wildman–Crippen LogP) is 2.55. The molecule has 2 amide bonds. The lowest BCUT2D eigenvalue weighted by molar-refractivity contribution is -0.117. The normalized spacial score (nSPS) is 10.5. The average molecular weight is 309 g/mol. The molecule has 1 aromatic heterocycles. The lowest BCUT2D eigenvalue weighted by atomic mass is 10.2. The summed E-state index contributed by atoms with van der Waals surface area (Å²) >= 11 is 0. The summed E-state index contributed by atoms with van der Waals surface area (Å²) in [7, 11) is 0. The molecule has 0 spiro atoms. The molecular weight excluding hydrogens is 290 g/mol. The van der Waals surface area contributed by atoms with Gasteiger partial charge < -0.3 is 10.6 Å². The van der Waals surface area contributed by atoms with Gasteiger partial charge in [-0.05, 0) is 30.2 Å². The number of nitrogens with zero attached hydrogens (tertiary/aromatic N) is 1. The first-order valence-electron chi connectivity index (χ1n) is 7.37. The Bertz CT molecular complexity index is 679. The minimum Gasteiger partial charge on any atom is -0.352 e. The third-order valence-corrected chi connectivity index (χ3v) is 3.06. The molecule has 5 heteroatoms. The third kappa shape index (κ3) is 6.13. The van der Waals surface area contributed by atoms with Crippen LogP contribution in [0.15, 0.2) is 54.7 Å². The van der Waals surface area contributed by atoms with Gasteiger partial charge in [-0.25, -0.2) is 4.98 Å². The fourth-order valence-corrected chi connectivity index (χ4v) is 1.84. The summed E-state index contributed by atoms with van der Waals surface area (Å²) in [6.45, 7) is 2.20. The summed E-state index contributed by atoms with van der Waals surface area (Å²) in [4.78, 5) is 27.5. The number of aryl methyl sites for hydroxylation is 1. The Hall–Kier alpha value is -2.95. The van der Waals surface area contributed by atoms with Gasteiger partial charge in [0.05, 0.1) is 0 Å². The number of aromatic nitrogens is 1. The first-order chi connectivity index (χ1) is 11.1. The second-order valence-corrected chi connectivity index (χ2v) is 5.05. The second kappa shape index (κ2) is 8.48. The molecule has 0 bridgehead atoms. The molecule has 23 heavy (non-hydrogen) atoms. The molecule has 0 saturated carbocycles. The molecule has 2 rings (SSSR count). The van der Waals surface area contributed by atoms with Crippen molar-refractivity contribution in [2.75, 3.05) is 11.9 Å². The van der Waals surface area contributed by atoms with Crippen molar-refractivity contribution in [1.82, 2.24) is 10.3 Å². The quantitative estimate of drug-likeness (QED) is 0.806. The van der Waals surface area contributed by atoms with Crippen LogP contribution in [0, 0.1) is 6.92 Å². The molecule has 0 aliphatic heterocycles. The van der Waals surface area contributed by atoms with Crippen LogP contribution in [0.1, 0.15) is 17.5 Å². The number of carbonyl (C=O) groups is 2. The average Bonchev–Trinajstić information content (AvgIpc) is 2.56. The smallest absolute Gasteiger partial charge is 0.244 e. The van der Waals surface area contributed by atoms with Gasteiger partial charge in [-0.3, -0.25) is 9.59 Å². The number of rotatable bonds is 6. The van der Waals surface area contributed by atoms with Crippen molar-refractivity contribution in [2.24, 2.45) is 0 Å². The van der Waals surface area contributed by atoms with Crippen LogP contribution in [-0.2, 0) is 9.59 Å². The Morgan fingerprint density at radius 3 is 2.61 bits per heavy atom. The fraction of sp³-hybridized carbons (Fsp3) is 0.167. The lowest BCUT2D eigenvalue weighted by Gasteiger charge is -2.05. The van der Waals surface area contributed by atoms with Crippen molar-refractivity contribution in [3.63, 3.8) is 0 Å². The maximum Gasteiger partial charge on any atom is 0.244 e. The Morgan fingerprint density at radius 1 is 1.13 bits per heavy atom. The Labute approximate surface area is 135 Å². The van der Waals surface area contributed by atoms with Gasteiger partial charge in [0.1, 0.15) is 5.82 Å². The number of nitrogens with one attached hydrogen (secondary N) is 2. The summed E-state index contributed by atoms with van der Waals surface area (Å²) in [5.41, 5.74) is 1.98. The van der Waals surface area contributed by atoms with Crippen molar-refractivity contribution in [1.29, 1.82) is 0 Å². The van der Waals surface area contributed by atoms with Crippen molar-refractivity contribution >= 4 is 23.7 Å². The van der Waals surface area contributed by atoms with Crippen LogP contribution in [0.25, 0.3) is 6.08 Å². The second-order valence-electron chi connectivity index (χ2n) is 5.05. The van der Waals surface area contributed by atoms with E-state index in [1.807, 2.05) is 43.3 Å². The van der Waals surface area contributed by atoms with Crippen LogP contribution in [0.2, 0.25) is 0 Å². The van der Waals surface area contributed by atoms with Gasteiger partial charge >= 0.3 is 0 Å². The maximum atomic E-state index is 11.7. The van der Waals surface area contributed by atoms with E-state index in [4.69, 9.17) is 0 Å². The van der Waals surface area contributed by atoms with E-state index in [0.29, 0.717) is 5.82 Å².